The van der Waals surface area contributed by atoms with Gasteiger partial charge in [-0.15, -0.1) is 0 Å². The van der Waals surface area contributed by atoms with Gasteiger partial charge >= 0.3 is 0 Å². The van der Waals surface area contributed by atoms with Crippen LogP contribution in [0, 0.1) is 0 Å². The van der Waals surface area contributed by atoms with Crippen LogP contribution in [0.1, 0.15) is 42.0 Å². The highest BCUT2D eigenvalue weighted by atomic mass is 16.2. The summed E-state index contributed by atoms with van der Waals surface area (Å²) < 4.78 is 0. The molecule has 0 bridgehead atoms. The van der Waals surface area contributed by atoms with E-state index in [1.165, 1.54) is 22.3 Å². The number of nitrogens with one attached hydrogen (secondary N) is 1. The zero-order valence-corrected chi connectivity index (χ0v) is 15.3. The molecule has 1 amide bonds. The third-order valence-corrected chi connectivity index (χ3v) is 4.96. The molecule has 2 aromatic carbocycles. The maximum Gasteiger partial charge on any atom is 0.234 e. The number of hydrogen-bond donors (Lipinski definition) is 1. The molecule has 3 nitrogen and oxygen atoms in total. The molecule has 1 aliphatic heterocycles. The van der Waals surface area contributed by atoms with E-state index in [0.717, 1.165) is 25.9 Å². The van der Waals surface area contributed by atoms with Gasteiger partial charge in [-0.1, -0.05) is 62.4 Å². The Kier molecular flexibility index (Phi) is 5.87. The summed E-state index contributed by atoms with van der Waals surface area (Å²) in [5.41, 5.74) is 5.41. The average Bonchev–Trinajstić information content (AvgIpc) is 2.62. The number of amides is 1. The van der Waals surface area contributed by atoms with E-state index in [1.807, 2.05) is 0 Å². The van der Waals surface area contributed by atoms with E-state index in [4.69, 9.17) is 0 Å². The zero-order valence-electron chi connectivity index (χ0n) is 15.3. The fourth-order valence-corrected chi connectivity index (χ4v) is 3.36. The molecule has 25 heavy (non-hydrogen) atoms. The van der Waals surface area contributed by atoms with Gasteiger partial charge in [-0.25, -0.2) is 0 Å². The van der Waals surface area contributed by atoms with Crippen LogP contribution in [-0.4, -0.2) is 30.4 Å². The van der Waals surface area contributed by atoms with Crippen molar-refractivity contribution < 1.29 is 4.79 Å². The van der Waals surface area contributed by atoms with Crippen molar-refractivity contribution in [3.05, 3.63) is 70.8 Å². The predicted octanol–water partition coefficient (Wildman–Crippen LogP) is 3.53. The zero-order chi connectivity index (χ0) is 17.6. The van der Waals surface area contributed by atoms with Gasteiger partial charge in [0.2, 0.25) is 5.91 Å². The minimum absolute atomic E-state index is 0.123. The number of hydrogen-bond acceptors (Lipinski definition) is 2. The Hall–Kier alpha value is -2.13. The van der Waals surface area contributed by atoms with Crippen LogP contribution >= 0.6 is 0 Å². The van der Waals surface area contributed by atoms with E-state index in [-0.39, 0.29) is 5.91 Å². The van der Waals surface area contributed by atoms with Crippen molar-refractivity contribution in [1.82, 2.24) is 10.2 Å². The lowest BCUT2D eigenvalue weighted by Gasteiger charge is -2.28. The molecule has 0 saturated heterocycles. The molecule has 0 radical (unpaired) electrons. The van der Waals surface area contributed by atoms with Crippen molar-refractivity contribution in [1.29, 1.82) is 0 Å². The first-order valence-corrected chi connectivity index (χ1v) is 9.26. The fourth-order valence-electron chi connectivity index (χ4n) is 3.36. The molecule has 0 saturated carbocycles. The van der Waals surface area contributed by atoms with Gasteiger partial charge in [0.1, 0.15) is 0 Å². The van der Waals surface area contributed by atoms with Gasteiger partial charge < -0.3 is 5.32 Å². The van der Waals surface area contributed by atoms with Gasteiger partial charge in [0.15, 0.2) is 0 Å². The molecule has 132 valence electrons. The van der Waals surface area contributed by atoms with Crippen molar-refractivity contribution in [2.45, 2.75) is 39.2 Å². The quantitative estimate of drug-likeness (QED) is 0.875. The molecule has 1 N–H and O–H groups in total. The number of nitrogens with zero attached hydrogens (tertiary/aromatic N) is 1. The molecular formula is C22H28N2O. The van der Waals surface area contributed by atoms with Crippen LogP contribution < -0.4 is 5.32 Å². The Morgan fingerprint density at radius 2 is 1.80 bits per heavy atom. The van der Waals surface area contributed by atoms with Crippen LogP contribution in [0.2, 0.25) is 0 Å². The fraction of sp³-hybridized carbons (Fsp3) is 0.409. The van der Waals surface area contributed by atoms with Gasteiger partial charge in [-0.2, -0.15) is 0 Å². The lowest BCUT2D eigenvalue weighted by atomic mass is 10.00. The van der Waals surface area contributed by atoms with Crippen molar-refractivity contribution >= 4 is 5.91 Å². The number of fused-ring (bicyclic) bond motifs is 1. The first-order chi connectivity index (χ1) is 12.1. The van der Waals surface area contributed by atoms with Crippen molar-refractivity contribution in [2.75, 3.05) is 19.6 Å². The summed E-state index contributed by atoms with van der Waals surface area (Å²) in [5.74, 6) is 0.682. The molecule has 0 aliphatic carbocycles. The highest BCUT2D eigenvalue weighted by molar-refractivity contribution is 5.78. The van der Waals surface area contributed by atoms with E-state index in [9.17, 15) is 4.79 Å². The number of benzene rings is 2. The standard InChI is InChI=1S/C22H28N2O/c1-17(2)19-9-7-18(8-10-19)11-13-23-22(25)16-24-14-12-20-5-3-4-6-21(20)15-24/h3-10,17H,11-16H2,1-2H3,(H,23,25). The lowest BCUT2D eigenvalue weighted by molar-refractivity contribution is -0.122. The first-order valence-electron chi connectivity index (χ1n) is 9.26. The van der Waals surface area contributed by atoms with Crippen molar-refractivity contribution in [3.63, 3.8) is 0 Å². The Bertz CT molecular complexity index is 706. The van der Waals surface area contributed by atoms with Crippen LogP contribution in [-0.2, 0) is 24.2 Å². The molecule has 1 aliphatic rings. The second-order valence-electron chi connectivity index (χ2n) is 7.23. The highest BCUT2D eigenvalue weighted by Gasteiger charge is 2.17. The van der Waals surface area contributed by atoms with Crippen LogP contribution in [0.25, 0.3) is 0 Å². The molecule has 3 rings (SSSR count). The Balaban J connectivity index is 1.41. The normalized spacial score (nSPS) is 14.4. The molecule has 0 unspecified atom stereocenters. The summed E-state index contributed by atoms with van der Waals surface area (Å²) >= 11 is 0. The summed E-state index contributed by atoms with van der Waals surface area (Å²) in [6, 6.07) is 17.2. The molecule has 0 fully saturated rings. The molecular weight excluding hydrogens is 308 g/mol. The predicted molar refractivity (Wildman–Crippen MR) is 103 cm³/mol. The molecule has 0 atom stereocenters. The Morgan fingerprint density at radius 3 is 2.52 bits per heavy atom. The maximum absolute atomic E-state index is 12.2. The van der Waals surface area contributed by atoms with Crippen molar-refractivity contribution in [2.24, 2.45) is 0 Å². The summed E-state index contributed by atoms with van der Waals surface area (Å²) in [6.45, 7) is 7.43. The van der Waals surface area contributed by atoms with Gasteiger partial charge in [0, 0.05) is 19.6 Å². The van der Waals surface area contributed by atoms with Crippen LogP contribution in [0.15, 0.2) is 48.5 Å². The Labute approximate surface area is 151 Å². The van der Waals surface area contributed by atoms with E-state index >= 15 is 0 Å². The van der Waals surface area contributed by atoms with Gasteiger partial charge in [0.05, 0.1) is 6.54 Å². The third kappa shape index (κ3) is 4.93. The largest absolute Gasteiger partial charge is 0.355 e. The number of carbonyl (C=O) groups excluding carboxylic acids is 1. The van der Waals surface area contributed by atoms with E-state index in [2.05, 4.69) is 72.6 Å². The van der Waals surface area contributed by atoms with E-state index in [1.54, 1.807) is 0 Å². The third-order valence-electron chi connectivity index (χ3n) is 4.96. The summed E-state index contributed by atoms with van der Waals surface area (Å²) in [7, 11) is 0. The van der Waals surface area contributed by atoms with Gasteiger partial charge in [0.25, 0.3) is 0 Å². The van der Waals surface area contributed by atoms with E-state index < -0.39 is 0 Å². The highest BCUT2D eigenvalue weighted by Crippen LogP contribution is 2.18. The van der Waals surface area contributed by atoms with Gasteiger partial charge in [-0.3, -0.25) is 9.69 Å². The SMILES string of the molecule is CC(C)c1ccc(CCNC(=O)CN2CCc3ccccc3C2)cc1. The summed E-state index contributed by atoms with van der Waals surface area (Å²) in [6.07, 6.45) is 1.92. The molecule has 0 spiro atoms. The average molecular weight is 336 g/mol. The topological polar surface area (TPSA) is 32.3 Å². The molecule has 2 aromatic rings. The minimum Gasteiger partial charge on any atom is -0.355 e. The Morgan fingerprint density at radius 1 is 1.08 bits per heavy atom. The number of rotatable bonds is 6. The smallest absolute Gasteiger partial charge is 0.234 e. The summed E-state index contributed by atoms with van der Waals surface area (Å²) in [5, 5.41) is 3.06. The maximum atomic E-state index is 12.2. The second kappa shape index (κ2) is 8.30. The van der Waals surface area contributed by atoms with Crippen LogP contribution in [0.5, 0.6) is 0 Å². The second-order valence-corrected chi connectivity index (χ2v) is 7.23. The van der Waals surface area contributed by atoms with Crippen LogP contribution in [0.3, 0.4) is 0 Å². The minimum atomic E-state index is 0.123. The monoisotopic (exact) mass is 336 g/mol. The van der Waals surface area contributed by atoms with Crippen molar-refractivity contribution in [3.8, 4) is 0 Å². The molecule has 3 heteroatoms. The van der Waals surface area contributed by atoms with E-state index in [0.29, 0.717) is 19.0 Å². The van der Waals surface area contributed by atoms with Crippen LogP contribution in [0.4, 0.5) is 0 Å². The molecule has 1 heterocycles. The first kappa shape index (κ1) is 17.7. The lowest BCUT2D eigenvalue weighted by Crippen LogP contribution is -2.40. The molecule has 0 aromatic heterocycles. The van der Waals surface area contributed by atoms with Gasteiger partial charge in [-0.05, 0) is 41.0 Å². The number of carbonyl (C=O) groups is 1. The summed E-state index contributed by atoms with van der Waals surface area (Å²) in [4.78, 5) is 14.4.